The van der Waals surface area contributed by atoms with Gasteiger partial charge in [0.25, 0.3) is 0 Å². The molecular weight excluding hydrogens is 656 g/mol. The second-order valence-electron chi connectivity index (χ2n) is 11.6. The number of nitrogens with zero attached hydrogens (tertiary/aromatic N) is 3. The number of rotatable bonds is 16. The lowest BCUT2D eigenvalue weighted by Gasteiger charge is -2.29. The molecule has 0 spiro atoms. The summed E-state index contributed by atoms with van der Waals surface area (Å²) in [4.78, 5) is 6.52. The SMILES string of the molecule is Cl.Cn1ccnc1CNCCc1cccc(OCCCN(Cc2cccc(C(F)(F)F)c2Cl)CC(c2ccccc2)c2ccccc2)c1. The number of imidazole rings is 1. The van der Waals surface area contributed by atoms with Crippen LogP contribution >= 0.6 is 24.0 Å². The average Bonchev–Trinajstić information content (AvgIpc) is 3.49. The molecule has 48 heavy (non-hydrogen) atoms. The molecule has 0 aliphatic rings. The van der Waals surface area contributed by atoms with Crippen LogP contribution in [0.5, 0.6) is 5.75 Å². The summed E-state index contributed by atoms with van der Waals surface area (Å²) in [6.45, 7) is 3.47. The highest BCUT2D eigenvalue weighted by Crippen LogP contribution is 2.37. The fourth-order valence-electron chi connectivity index (χ4n) is 5.70. The van der Waals surface area contributed by atoms with E-state index in [4.69, 9.17) is 16.3 Å². The van der Waals surface area contributed by atoms with Gasteiger partial charge in [-0.3, -0.25) is 4.90 Å². The first-order valence-electron chi connectivity index (χ1n) is 15.8. The van der Waals surface area contributed by atoms with Crippen LogP contribution in [0.3, 0.4) is 0 Å². The molecule has 5 aromatic rings. The van der Waals surface area contributed by atoms with Gasteiger partial charge in [0.2, 0.25) is 0 Å². The molecule has 254 valence electrons. The van der Waals surface area contributed by atoms with E-state index >= 15 is 0 Å². The van der Waals surface area contributed by atoms with Gasteiger partial charge in [-0.25, -0.2) is 4.98 Å². The first-order chi connectivity index (χ1) is 22.8. The van der Waals surface area contributed by atoms with E-state index in [0.717, 1.165) is 41.7 Å². The largest absolute Gasteiger partial charge is 0.494 e. The molecule has 0 saturated heterocycles. The normalized spacial score (nSPS) is 11.6. The van der Waals surface area contributed by atoms with Crippen molar-refractivity contribution in [1.82, 2.24) is 19.8 Å². The molecule has 0 fully saturated rings. The molecule has 0 atom stereocenters. The minimum absolute atomic E-state index is 0. The number of benzene rings is 4. The number of ether oxygens (including phenoxy) is 1. The highest BCUT2D eigenvalue weighted by Gasteiger charge is 2.34. The number of hydrogen-bond acceptors (Lipinski definition) is 4. The number of alkyl halides is 3. The number of aromatic nitrogens is 2. The second kappa shape index (κ2) is 18.1. The summed E-state index contributed by atoms with van der Waals surface area (Å²) in [6.07, 6.45) is 0.743. The van der Waals surface area contributed by atoms with E-state index in [1.165, 1.54) is 11.6 Å². The van der Waals surface area contributed by atoms with Crippen LogP contribution in [0.4, 0.5) is 13.2 Å². The summed E-state index contributed by atoms with van der Waals surface area (Å²) >= 11 is 6.36. The summed E-state index contributed by atoms with van der Waals surface area (Å²) in [5, 5.41) is 3.19. The molecule has 10 heteroatoms. The van der Waals surface area contributed by atoms with Crippen LogP contribution in [0.1, 0.15) is 46.0 Å². The molecular formula is C38H41Cl2F3N4O. The van der Waals surface area contributed by atoms with Crippen molar-refractivity contribution >= 4 is 24.0 Å². The maximum absolute atomic E-state index is 13.7. The van der Waals surface area contributed by atoms with E-state index < -0.39 is 11.7 Å². The van der Waals surface area contributed by atoms with Crippen LogP contribution in [-0.2, 0) is 32.7 Å². The summed E-state index contributed by atoms with van der Waals surface area (Å²) in [6, 6.07) is 32.6. The van der Waals surface area contributed by atoms with Crippen molar-refractivity contribution in [2.24, 2.45) is 7.05 Å². The first kappa shape index (κ1) is 37.0. The van der Waals surface area contributed by atoms with Gasteiger partial charge in [-0.2, -0.15) is 13.2 Å². The molecule has 5 nitrogen and oxygen atoms in total. The van der Waals surface area contributed by atoms with Crippen LogP contribution in [0.2, 0.25) is 5.02 Å². The predicted octanol–water partition coefficient (Wildman–Crippen LogP) is 8.95. The van der Waals surface area contributed by atoms with Crippen LogP contribution in [0, 0.1) is 0 Å². The Morgan fingerprint density at radius 1 is 0.917 bits per heavy atom. The van der Waals surface area contributed by atoms with Crippen LogP contribution < -0.4 is 10.1 Å². The third-order valence-corrected chi connectivity index (χ3v) is 8.65. The summed E-state index contributed by atoms with van der Waals surface area (Å²) in [7, 11) is 1.98. The number of aryl methyl sites for hydroxylation is 1. The molecule has 1 aromatic heterocycles. The maximum Gasteiger partial charge on any atom is 0.417 e. The standard InChI is InChI=1S/C38H40ClF3N4O.ClH/c1-45-23-21-44-36(45)26-43-20-19-29-11-8-17-33(25-29)47-24-10-22-46(27-32-16-9-18-35(37(32)39)38(40,41)42)28-34(30-12-4-2-5-13-30)31-14-6-3-7-15-31;/h2-9,11-18,21,23,25,34,43H,10,19-20,22,24,26-28H2,1H3;1H. The molecule has 0 amide bonds. The van der Waals surface area contributed by atoms with E-state index in [-0.39, 0.29) is 29.9 Å². The second-order valence-corrected chi connectivity index (χ2v) is 12.0. The van der Waals surface area contributed by atoms with Gasteiger partial charge in [0.15, 0.2) is 0 Å². The van der Waals surface area contributed by atoms with Crippen molar-refractivity contribution < 1.29 is 17.9 Å². The van der Waals surface area contributed by atoms with Crippen molar-refractivity contribution in [3.05, 3.63) is 154 Å². The van der Waals surface area contributed by atoms with Gasteiger partial charge >= 0.3 is 6.18 Å². The average molecular weight is 698 g/mol. The molecule has 4 aromatic carbocycles. The Morgan fingerprint density at radius 3 is 2.25 bits per heavy atom. The maximum atomic E-state index is 13.7. The molecule has 0 radical (unpaired) electrons. The van der Waals surface area contributed by atoms with E-state index in [2.05, 4.69) is 51.6 Å². The fraction of sp³-hybridized carbons (Fsp3) is 0.289. The quantitative estimate of drug-likeness (QED) is 0.105. The molecule has 1 N–H and O–H groups in total. The molecule has 0 unspecified atom stereocenters. The van der Waals surface area contributed by atoms with E-state index in [9.17, 15) is 13.2 Å². The van der Waals surface area contributed by atoms with Gasteiger partial charge in [0.05, 0.1) is 23.7 Å². The van der Waals surface area contributed by atoms with Gasteiger partial charge in [-0.1, -0.05) is 96.5 Å². The van der Waals surface area contributed by atoms with Crippen molar-refractivity contribution in [2.45, 2.75) is 38.0 Å². The smallest absolute Gasteiger partial charge is 0.417 e. The van der Waals surface area contributed by atoms with Crippen molar-refractivity contribution in [3.63, 3.8) is 0 Å². The molecule has 0 aliphatic carbocycles. The molecule has 1 heterocycles. The molecule has 0 saturated carbocycles. The molecule has 0 aliphatic heterocycles. The first-order valence-corrected chi connectivity index (χ1v) is 16.2. The predicted molar refractivity (Wildman–Crippen MR) is 189 cm³/mol. The van der Waals surface area contributed by atoms with Crippen LogP contribution in [0.15, 0.2) is 116 Å². The minimum atomic E-state index is -4.52. The van der Waals surface area contributed by atoms with Crippen molar-refractivity contribution in [1.29, 1.82) is 0 Å². The summed E-state index contributed by atoms with van der Waals surface area (Å²) in [5.74, 6) is 1.81. The Bertz CT molecular complexity index is 1640. The summed E-state index contributed by atoms with van der Waals surface area (Å²) < 4.78 is 49.2. The van der Waals surface area contributed by atoms with Crippen LogP contribution in [-0.4, -0.2) is 40.7 Å². The van der Waals surface area contributed by atoms with Gasteiger partial charge in [0, 0.05) is 45.0 Å². The Balaban J connectivity index is 0.00000520. The Labute approximate surface area is 292 Å². The third-order valence-electron chi connectivity index (χ3n) is 8.20. The fourth-order valence-corrected chi connectivity index (χ4v) is 5.99. The van der Waals surface area contributed by atoms with E-state index in [1.54, 1.807) is 12.3 Å². The number of halogens is 5. The lowest BCUT2D eigenvalue weighted by Crippen LogP contribution is -2.31. The zero-order valence-electron chi connectivity index (χ0n) is 26.9. The third kappa shape index (κ3) is 10.6. The van der Waals surface area contributed by atoms with E-state index in [0.29, 0.717) is 38.2 Å². The van der Waals surface area contributed by atoms with Crippen molar-refractivity contribution in [2.75, 3.05) is 26.2 Å². The Morgan fingerprint density at radius 2 is 1.60 bits per heavy atom. The van der Waals surface area contributed by atoms with E-state index in [1.807, 2.05) is 66.3 Å². The van der Waals surface area contributed by atoms with Crippen LogP contribution in [0.25, 0.3) is 0 Å². The highest BCUT2D eigenvalue weighted by molar-refractivity contribution is 6.32. The van der Waals surface area contributed by atoms with Gasteiger partial charge in [0.1, 0.15) is 11.6 Å². The minimum Gasteiger partial charge on any atom is -0.494 e. The van der Waals surface area contributed by atoms with Gasteiger partial charge in [-0.15, -0.1) is 12.4 Å². The Hall–Kier alpha value is -3.82. The number of nitrogens with one attached hydrogen (secondary N) is 1. The Kier molecular flexibility index (Phi) is 13.9. The monoisotopic (exact) mass is 696 g/mol. The molecule has 5 rings (SSSR count). The van der Waals surface area contributed by atoms with Gasteiger partial charge < -0.3 is 14.6 Å². The summed E-state index contributed by atoms with van der Waals surface area (Å²) in [5.41, 5.74) is 3.09. The number of hydrogen-bond donors (Lipinski definition) is 1. The highest BCUT2D eigenvalue weighted by atomic mass is 35.5. The topological polar surface area (TPSA) is 42.3 Å². The lowest BCUT2D eigenvalue weighted by molar-refractivity contribution is -0.137. The molecule has 0 bridgehead atoms. The van der Waals surface area contributed by atoms with Gasteiger partial charge in [-0.05, 0) is 59.8 Å². The van der Waals surface area contributed by atoms with Crippen molar-refractivity contribution in [3.8, 4) is 5.75 Å². The zero-order chi connectivity index (χ0) is 33.1. The zero-order valence-corrected chi connectivity index (χ0v) is 28.4. The lowest BCUT2D eigenvalue weighted by atomic mass is 9.90.